The van der Waals surface area contributed by atoms with E-state index in [1.807, 2.05) is 0 Å². The Balaban J connectivity index is 1.88. The number of rotatable bonds is 7. The van der Waals surface area contributed by atoms with Crippen LogP contribution in [0, 0.1) is 0 Å². The van der Waals surface area contributed by atoms with Crippen LogP contribution in [0.2, 0.25) is 5.02 Å². The zero-order valence-electron chi connectivity index (χ0n) is 16.9. The van der Waals surface area contributed by atoms with Gasteiger partial charge in [-0.05, 0) is 18.2 Å². The molecule has 1 amide bonds. The molecule has 0 saturated heterocycles. The summed E-state index contributed by atoms with van der Waals surface area (Å²) in [6.45, 7) is -0.252. The van der Waals surface area contributed by atoms with Crippen molar-refractivity contribution in [2.24, 2.45) is 0 Å². The van der Waals surface area contributed by atoms with Crippen LogP contribution in [0.5, 0.6) is 5.75 Å². The molecular weight excluding hydrogens is 491 g/mol. The van der Waals surface area contributed by atoms with Crippen molar-refractivity contribution in [3.05, 3.63) is 47.0 Å². The Hall–Kier alpha value is -3.46. The average molecular weight is 506 g/mol. The summed E-state index contributed by atoms with van der Waals surface area (Å²) in [6.07, 6.45) is -1.64. The maximum Gasteiger partial charge on any atom is 0.573 e. The molecule has 0 saturated carbocycles. The minimum Gasteiger partial charge on any atom is -0.406 e. The van der Waals surface area contributed by atoms with Crippen molar-refractivity contribution in [1.29, 1.82) is 0 Å². The van der Waals surface area contributed by atoms with Gasteiger partial charge >= 0.3 is 6.36 Å². The van der Waals surface area contributed by atoms with Crippen LogP contribution in [0.4, 0.5) is 19.1 Å². The predicted molar refractivity (Wildman–Crippen MR) is 109 cm³/mol. The van der Waals surface area contributed by atoms with Crippen LogP contribution in [-0.4, -0.2) is 58.7 Å². The lowest BCUT2D eigenvalue weighted by atomic mass is 10.2. The molecule has 16 heteroatoms. The van der Waals surface area contributed by atoms with E-state index in [0.29, 0.717) is 6.07 Å². The minimum atomic E-state index is -5.08. The molecule has 0 radical (unpaired) electrons. The number of carbonyl (C=O) groups is 1. The highest BCUT2D eigenvalue weighted by atomic mass is 35.5. The first-order chi connectivity index (χ1) is 15.4. The van der Waals surface area contributed by atoms with Crippen molar-refractivity contribution >= 4 is 33.3 Å². The fourth-order valence-corrected chi connectivity index (χ4v) is 3.28. The van der Waals surface area contributed by atoms with Crippen LogP contribution in [0.15, 0.2) is 35.5 Å². The number of ether oxygens (including phenoxy) is 1. The highest BCUT2D eigenvalue weighted by molar-refractivity contribution is 7.90. The Labute approximate surface area is 189 Å². The molecule has 3 aromatic rings. The molecule has 3 rings (SSSR count). The Morgan fingerprint density at radius 1 is 1.21 bits per heavy atom. The SMILES string of the molecule is CNc1nc(CNC(=O)c2cc(OC(F)(F)F)cc(S(C)(=O)=O)c2)n(-c2ncc(Cl)cn2)n1. The maximum atomic E-state index is 12.6. The third-order valence-corrected chi connectivity index (χ3v) is 5.19. The molecule has 0 atom stereocenters. The molecule has 2 heterocycles. The van der Waals surface area contributed by atoms with Crippen molar-refractivity contribution in [3.8, 4) is 11.7 Å². The number of aromatic nitrogens is 5. The second-order valence-corrected chi connectivity index (χ2v) is 8.86. The Morgan fingerprint density at radius 2 is 1.88 bits per heavy atom. The molecule has 2 aromatic heterocycles. The summed E-state index contributed by atoms with van der Waals surface area (Å²) >= 11 is 5.78. The number of anilines is 1. The number of halogens is 4. The lowest BCUT2D eigenvalue weighted by Gasteiger charge is -2.12. The molecule has 1 aromatic carbocycles. The third kappa shape index (κ3) is 6.29. The van der Waals surface area contributed by atoms with E-state index in [1.165, 1.54) is 17.1 Å². The van der Waals surface area contributed by atoms with Crippen molar-refractivity contribution in [1.82, 2.24) is 30.0 Å². The molecule has 11 nitrogen and oxygen atoms in total. The van der Waals surface area contributed by atoms with Crippen molar-refractivity contribution in [2.45, 2.75) is 17.8 Å². The number of amides is 1. The van der Waals surface area contributed by atoms with E-state index in [0.717, 1.165) is 18.4 Å². The molecule has 0 aliphatic rings. The van der Waals surface area contributed by atoms with Crippen molar-refractivity contribution < 1.29 is 31.1 Å². The van der Waals surface area contributed by atoms with Gasteiger partial charge < -0.3 is 15.4 Å². The van der Waals surface area contributed by atoms with E-state index in [4.69, 9.17) is 11.6 Å². The van der Waals surface area contributed by atoms with Gasteiger partial charge in [-0.25, -0.2) is 18.4 Å². The highest BCUT2D eigenvalue weighted by Gasteiger charge is 2.32. The first kappa shape index (κ1) is 24.2. The zero-order valence-corrected chi connectivity index (χ0v) is 18.5. The number of nitrogens with one attached hydrogen (secondary N) is 2. The summed E-state index contributed by atoms with van der Waals surface area (Å²) in [5.74, 6) is -1.30. The number of carbonyl (C=O) groups excluding carboxylic acids is 1. The fraction of sp³-hybridized carbons (Fsp3) is 0.235. The zero-order chi connectivity index (χ0) is 24.4. The molecular formula is C17H15ClF3N7O4S. The van der Waals surface area contributed by atoms with Crippen LogP contribution in [-0.2, 0) is 16.4 Å². The van der Waals surface area contributed by atoms with Gasteiger partial charge in [-0.3, -0.25) is 4.79 Å². The van der Waals surface area contributed by atoms with Gasteiger partial charge in [0.2, 0.25) is 5.95 Å². The van der Waals surface area contributed by atoms with Gasteiger partial charge in [0.25, 0.3) is 11.9 Å². The van der Waals surface area contributed by atoms with E-state index >= 15 is 0 Å². The first-order valence-corrected chi connectivity index (χ1v) is 11.1. The van der Waals surface area contributed by atoms with Crippen molar-refractivity contribution in [2.75, 3.05) is 18.6 Å². The van der Waals surface area contributed by atoms with E-state index < -0.39 is 32.8 Å². The van der Waals surface area contributed by atoms with Crippen LogP contribution in [0.3, 0.4) is 0 Å². The molecule has 176 valence electrons. The lowest BCUT2D eigenvalue weighted by Crippen LogP contribution is -2.25. The van der Waals surface area contributed by atoms with E-state index in [2.05, 4.69) is 35.4 Å². The molecule has 0 fully saturated rings. The highest BCUT2D eigenvalue weighted by Crippen LogP contribution is 2.27. The molecule has 0 spiro atoms. The topological polar surface area (TPSA) is 141 Å². The standard InChI is InChI=1S/C17H15ClF3N7O4S/c1-22-15-26-13(28(27-15)16-24-6-10(18)7-25-16)8-23-14(29)9-3-11(32-17(19,20)21)5-12(4-9)33(2,30)31/h3-7H,8H2,1-2H3,(H,22,27)(H,23,29). The monoisotopic (exact) mass is 505 g/mol. The summed E-state index contributed by atoms with van der Waals surface area (Å²) in [4.78, 5) is 24.3. The first-order valence-electron chi connectivity index (χ1n) is 8.86. The van der Waals surface area contributed by atoms with E-state index in [9.17, 15) is 26.4 Å². The van der Waals surface area contributed by atoms with Gasteiger partial charge in [-0.2, -0.15) is 9.67 Å². The Bertz CT molecular complexity index is 1280. The quantitative estimate of drug-likeness (QED) is 0.493. The van der Waals surface area contributed by atoms with Crippen LogP contribution in [0.25, 0.3) is 5.95 Å². The van der Waals surface area contributed by atoms with Crippen molar-refractivity contribution in [3.63, 3.8) is 0 Å². The van der Waals surface area contributed by atoms with Gasteiger partial charge in [0.05, 0.1) is 28.9 Å². The molecule has 2 N–H and O–H groups in total. The normalized spacial score (nSPS) is 11.8. The van der Waals surface area contributed by atoms with Crippen LogP contribution < -0.4 is 15.4 Å². The van der Waals surface area contributed by atoms with Gasteiger partial charge in [-0.1, -0.05) is 11.6 Å². The summed E-state index contributed by atoms with van der Waals surface area (Å²) in [5.41, 5.74) is -0.375. The van der Waals surface area contributed by atoms with Crippen LogP contribution >= 0.6 is 11.6 Å². The Kier molecular flexibility index (Phi) is 6.73. The summed E-state index contributed by atoms with van der Waals surface area (Å²) < 4.78 is 66.6. The largest absolute Gasteiger partial charge is 0.573 e. The molecule has 33 heavy (non-hydrogen) atoms. The van der Waals surface area contributed by atoms with Gasteiger partial charge in [-0.15, -0.1) is 18.3 Å². The number of hydrogen-bond donors (Lipinski definition) is 2. The molecule has 0 aliphatic heterocycles. The number of alkyl halides is 3. The Morgan fingerprint density at radius 3 is 2.45 bits per heavy atom. The van der Waals surface area contributed by atoms with Gasteiger partial charge in [0, 0.05) is 18.9 Å². The number of hydrogen-bond acceptors (Lipinski definition) is 9. The number of nitrogens with zero attached hydrogens (tertiary/aromatic N) is 5. The second kappa shape index (κ2) is 9.19. The van der Waals surface area contributed by atoms with Crippen LogP contribution in [0.1, 0.15) is 16.2 Å². The number of benzene rings is 1. The molecule has 0 aliphatic carbocycles. The summed E-state index contributed by atoms with van der Waals surface area (Å²) in [6, 6.07) is 2.37. The molecule has 0 unspecified atom stereocenters. The fourth-order valence-electron chi connectivity index (χ4n) is 2.51. The smallest absolute Gasteiger partial charge is 0.406 e. The third-order valence-electron chi connectivity index (χ3n) is 3.90. The predicted octanol–water partition coefficient (Wildman–Crippen LogP) is 1.98. The van der Waals surface area contributed by atoms with E-state index in [1.54, 1.807) is 7.05 Å². The average Bonchev–Trinajstić information content (AvgIpc) is 3.13. The van der Waals surface area contributed by atoms with Gasteiger partial charge in [0.1, 0.15) is 5.75 Å². The number of sulfone groups is 1. The van der Waals surface area contributed by atoms with Gasteiger partial charge in [0.15, 0.2) is 15.7 Å². The minimum absolute atomic E-state index is 0.0950. The molecule has 0 bridgehead atoms. The lowest BCUT2D eigenvalue weighted by molar-refractivity contribution is -0.274. The maximum absolute atomic E-state index is 12.6. The van der Waals surface area contributed by atoms with E-state index in [-0.39, 0.29) is 34.9 Å². The summed E-state index contributed by atoms with van der Waals surface area (Å²) in [5, 5.41) is 9.57. The second-order valence-electron chi connectivity index (χ2n) is 6.41. The summed E-state index contributed by atoms with van der Waals surface area (Å²) in [7, 11) is -2.38.